The summed E-state index contributed by atoms with van der Waals surface area (Å²) in [5.41, 5.74) is 5.72. The van der Waals surface area contributed by atoms with Crippen molar-refractivity contribution in [2.75, 3.05) is 0 Å². The Morgan fingerprint density at radius 2 is 1.89 bits per heavy atom. The zero-order chi connectivity index (χ0) is 13.4. The van der Waals surface area contributed by atoms with E-state index in [0.717, 1.165) is 27.8 Å². The minimum absolute atomic E-state index is 1.01. The highest BCUT2D eigenvalue weighted by atomic mass is 79.9. The summed E-state index contributed by atoms with van der Waals surface area (Å²) in [5, 5.41) is 0. The van der Waals surface area contributed by atoms with Crippen molar-refractivity contribution in [3.8, 4) is 11.3 Å². The number of fused-ring (bicyclic) bond motifs is 1. The number of benzene rings is 1. The molecule has 0 amide bonds. The number of aryl methyl sites for hydroxylation is 2. The zero-order valence-electron chi connectivity index (χ0n) is 11.0. The Bertz CT molecular complexity index is 726. The van der Waals surface area contributed by atoms with Crippen LogP contribution in [-0.4, -0.2) is 9.38 Å². The van der Waals surface area contributed by atoms with Crippen LogP contribution in [0.2, 0.25) is 0 Å². The maximum Gasteiger partial charge on any atom is 0.140 e. The van der Waals surface area contributed by atoms with Crippen molar-refractivity contribution < 1.29 is 0 Å². The highest BCUT2D eigenvalue weighted by molar-refractivity contribution is 9.10. The average Bonchev–Trinajstić information content (AvgIpc) is 2.83. The Balaban J connectivity index is 2.12. The Kier molecular flexibility index (Phi) is 3.15. The van der Waals surface area contributed by atoms with Crippen molar-refractivity contribution >= 4 is 21.6 Å². The summed E-state index contributed by atoms with van der Waals surface area (Å²) < 4.78 is 3.14. The van der Waals surface area contributed by atoms with Crippen LogP contribution in [0.15, 0.2) is 47.2 Å². The van der Waals surface area contributed by atoms with Crippen LogP contribution in [0.3, 0.4) is 0 Å². The molecule has 0 radical (unpaired) electrons. The first kappa shape index (κ1) is 12.4. The number of hydrogen-bond donors (Lipinski definition) is 0. The van der Waals surface area contributed by atoms with E-state index in [1.54, 1.807) is 0 Å². The molecule has 0 fully saturated rings. The molecule has 0 unspecified atom stereocenters. The Hall–Kier alpha value is -1.61. The van der Waals surface area contributed by atoms with Gasteiger partial charge in [0.15, 0.2) is 0 Å². The minimum atomic E-state index is 1.01. The molecule has 0 spiro atoms. The lowest BCUT2D eigenvalue weighted by Gasteiger charge is -1.98. The topological polar surface area (TPSA) is 17.3 Å². The predicted octanol–water partition coefficient (Wildman–Crippen LogP) is 4.63. The second-order valence-corrected chi connectivity index (χ2v) is 5.66. The molecule has 2 aromatic heterocycles. The van der Waals surface area contributed by atoms with Crippen LogP contribution in [-0.2, 0) is 6.42 Å². The second kappa shape index (κ2) is 4.82. The minimum Gasteiger partial charge on any atom is -0.305 e. The van der Waals surface area contributed by atoms with Gasteiger partial charge in [-0.15, -0.1) is 0 Å². The smallest absolute Gasteiger partial charge is 0.140 e. The summed E-state index contributed by atoms with van der Waals surface area (Å²) in [7, 11) is 0. The normalized spacial score (nSPS) is 11.1. The van der Waals surface area contributed by atoms with Gasteiger partial charge in [0.1, 0.15) is 5.65 Å². The highest BCUT2D eigenvalue weighted by Crippen LogP contribution is 2.23. The highest BCUT2D eigenvalue weighted by Gasteiger charge is 2.07. The van der Waals surface area contributed by atoms with Gasteiger partial charge < -0.3 is 4.40 Å². The van der Waals surface area contributed by atoms with E-state index in [9.17, 15) is 0 Å². The van der Waals surface area contributed by atoms with Gasteiger partial charge in [-0.3, -0.25) is 0 Å². The number of aromatic nitrogens is 2. The van der Waals surface area contributed by atoms with Gasteiger partial charge in [-0.1, -0.05) is 31.2 Å². The molecule has 0 saturated heterocycles. The molecule has 0 aliphatic heterocycles. The van der Waals surface area contributed by atoms with Crippen LogP contribution in [0, 0.1) is 6.92 Å². The van der Waals surface area contributed by atoms with Crippen LogP contribution >= 0.6 is 15.9 Å². The molecule has 0 atom stereocenters. The third-order valence-corrected chi connectivity index (χ3v) is 3.79. The van der Waals surface area contributed by atoms with Crippen LogP contribution in [0.25, 0.3) is 16.9 Å². The molecule has 0 aliphatic rings. The van der Waals surface area contributed by atoms with E-state index in [0.29, 0.717) is 0 Å². The predicted molar refractivity (Wildman–Crippen MR) is 82.4 cm³/mol. The monoisotopic (exact) mass is 314 g/mol. The van der Waals surface area contributed by atoms with Crippen LogP contribution < -0.4 is 0 Å². The quantitative estimate of drug-likeness (QED) is 0.674. The summed E-state index contributed by atoms with van der Waals surface area (Å²) >= 11 is 3.52. The SMILES string of the molecule is CCc1ccc(-c2cn3cc(Br)cc(C)c3n2)cc1. The van der Waals surface area contributed by atoms with Gasteiger partial charge >= 0.3 is 0 Å². The van der Waals surface area contributed by atoms with E-state index in [1.807, 2.05) is 6.20 Å². The molecule has 0 N–H and O–H groups in total. The molecule has 96 valence electrons. The average molecular weight is 315 g/mol. The third kappa shape index (κ3) is 2.30. The van der Waals surface area contributed by atoms with Gasteiger partial charge in [-0.05, 0) is 46.5 Å². The van der Waals surface area contributed by atoms with Crippen molar-refractivity contribution in [3.05, 3.63) is 58.3 Å². The standard InChI is InChI=1S/C16H15BrN2/c1-3-12-4-6-13(7-5-12)15-10-19-9-14(17)8-11(2)16(19)18-15/h4-10H,3H2,1-2H3. The van der Waals surface area contributed by atoms with Crippen molar-refractivity contribution in [3.63, 3.8) is 0 Å². The molecule has 0 saturated carbocycles. The van der Waals surface area contributed by atoms with Gasteiger partial charge in [0.05, 0.1) is 5.69 Å². The van der Waals surface area contributed by atoms with E-state index in [1.165, 1.54) is 11.1 Å². The van der Waals surface area contributed by atoms with E-state index < -0.39 is 0 Å². The van der Waals surface area contributed by atoms with E-state index in [2.05, 4.69) is 70.7 Å². The van der Waals surface area contributed by atoms with Crippen LogP contribution in [0.5, 0.6) is 0 Å². The van der Waals surface area contributed by atoms with Crippen molar-refractivity contribution in [2.24, 2.45) is 0 Å². The zero-order valence-corrected chi connectivity index (χ0v) is 12.6. The molecule has 19 heavy (non-hydrogen) atoms. The lowest BCUT2D eigenvalue weighted by molar-refractivity contribution is 1.14. The summed E-state index contributed by atoms with van der Waals surface area (Å²) in [4.78, 5) is 4.72. The summed E-state index contributed by atoms with van der Waals surface area (Å²) in [6, 6.07) is 10.7. The first-order chi connectivity index (χ1) is 9.17. The Morgan fingerprint density at radius 1 is 1.16 bits per heavy atom. The lowest BCUT2D eigenvalue weighted by Crippen LogP contribution is -1.86. The van der Waals surface area contributed by atoms with E-state index >= 15 is 0 Å². The molecule has 3 rings (SSSR count). The first-order valence-corrected chi connectivity index (χ1v) is 7.21. The second-order valence-electron chi connectivity index (χ2n) is 4.75. The Labute approximate surface area is 121 Å². The maximum absolute atomic E-state index is 4.72. The van der Waals surface area contributed by atoms with Gasteiger partial charge in [0.25, 0.3) is 0 Å². The molecule has 2 nitrogen and oxygen atoms in total. The number of rotatable bonds is 2. The molecule has 1 aromatic carbocycles. The van der Waals surface area contributed by atoms with Crippen LogP contribution in [0.1, 0.15) is 18.1 Å². The maximum atomic E-state index is 4.72. The van der Waals surface area contributed by atoms with Gasteiger partial charge in [-0.25, -0.2) is 4.98 Å². The van der Waals surface area contributed by atoms with E-state index in [-0.39, 0.29) is 0 Å². The largest absolute Gasteiger partial charge is 0.305 e. The fourth-order valence-corrected chi connectivity index (χ4v) is 2.84. The number of nitrogens with zero attached hydrogens (tertiary/aromatic N) is 2. The van der Waals surface area contributed by atoms with Gasteiger partial charge in [0.2, 0.25) is 0 Å². The summed E-state index contributed by atoms with van der Waals surface area (Å²) in [6.07, 6.45) is 5.19. The molecule has 3 heteroatoms. The van der Waals surface area contributed by atoms with Crippen molar-refractivity contribution in [1.29, 1.82) is 0 Å². The van der Waals surface area contributed by atoms with Crippen molar-refractivity contribution in [2.45, 2.75) is 20.3 Å². The summed E-state index contributed by atoms with van der Waals surface area (Å²) in [5.74, 6) is 0. The summed E-state index contributed by atoms with van der Waals surface area (Å²) in [6.45, 7) is 4.25. The molecular formula is C16H15BrN2. The molecular weight excluding hydrogens is 300 g/mol. The van der Waals surface area contributed by atoms with Gasteiger partial charge in [-0.2, -0.15) is 0 Å². The number of hydrogen-bond acceptors (Lipinski definition) is 1. The molecule has 3 aromatic rings. The number of pyridine rings is 1. The molecule has 2 heterocycles. The lowest BCUT2D eigenvalue weighted by atomic mass is 10.1. The van der Waals surface area contributed by atoms with Crippen LogP contribution in [0.4, 0.5) is 0 Å². The van der Waals surface area contributed by atoms with Crippen molar-refractivity contribution in [1.82, 2.24) is 9.38 Å². The fraction of sp³-hybridized carbons (Fsp3) is 0.188. The third-order valence-electron chi connectivity index (χ3n) is 3.36. The number of halogens is 1. The van der Waals surface area contributed by atoms with Gasteiger partial charge in [0, 0.05) is 22.4 Å². The van der Waals surface area contributed by atoms with E-state index in [4.69, 9.17) is 4.98 Å². The Morgan fingerprint density at radius 3 is 2.58 bits per heavy atom. The first-order valence-electron chi connectivity index (χ1n) is 6.41. The fourth-order valence-electron chi connectivity index (χ4n) is 2.28. The molecule has 0 bridgehead atoms. The molecule has 0 aliphatic carbocycles. The number of imidazole rings is 1.